The Morgan fingerprint density at radius 1 is 1.14 bits per heavy atom. The number of hydrogen-bond donors (Lipinski definition) is 2. The summed E-state index contributed by atoms with van der Waals surface area (Å²) in [7, 11) is 0. The number of nitrogens with one attached hydrogen (secondary N) is 2. The zero-order valence-corrected chi connectivity index (χ0v) is 13.6. The van der Waals surface area contributed by atoms with E-state index in [2.05, 4.69) is 20.7 Å². The molecule has 0 aliphatic carbocycles. The molecule has 3 aromatic rings. The first-order valence-electron chi connectivity index (χ1n) is 6.73. The molecule has 22 heavy (non-hydrogen) atoms. The summed E-state index contributed by atoms with van der Waals surface area (Å²) in [5, 5.41) is 14.5. The predicted molar refractivity (Wildman–Crippen MR) is 89.6 cm³/mol. The molecule has 114 valence electrons. The molecule has 3 rings (SSSR count). The average Bonchev–Trinajstić information content (AvgIpc) is 3.23. The first kappa shape index (κ1) is 14.7. The molecule has 6 nitrogen and oxygen atoms in total. The number of carbonyl (C=O) groups excluding carboxylic acids is 1. The summed E-state index contributed by atoms with van der Waals surface area (Å²) < 4.78 is 1.28. The smallest absolute Gasteiger partial charge is 0.247 e. The van der Waals surface area contributed by atoms with Crippen molar-refractivity contribution in [3.8, 4) is 0 Å². The molecule has 0 saturated carbocycles. The normalized spacial score (nSPS) is 10.6. The maximum Gasteiger partial charge on any atom is 0.247 e. The van der Waals surface area contributed by atoms with Gasteiger partial charge in [-0.3, -0.25) is 4.79 Å². The van der Waals surface area contributed by atoms with Crippen LogP contribution in [0, 0.1) is 0 Å². The van der Waals surface area contributed by atoms with Crippen molar-refractivity contribution in [3.05, 3.63) is 44.8 Å². The molecule has 3 heterocycles. The molecule has 2 N–H and O–H groups in total. The molecule has 0 fully saturated rings. The van der Waals surface area contributed by atoms with Gasteiger partial charge >= 0.3 is 0 Å². The van der Waals surface area contributed by atoms with Crippen molar-refractivity contribution < 1.29 is 4.79 Å². The van der Waals surface area contributed by atoms with Crippen LogP contribution in [0.15, 0.2) is 35.0 Å². The Balaban J connectivity index is 1.69. The number of anilines is 2. The minimum atomic E-state index is -0.176. The monoisotopic (exact) mass is 333 g/mol. The zero-order valence-electron chi connectivity index (χ0n) is 11.9. The minimum Gasteiger partial charge on any atom is -0.349 e. The number of hydrogen-bond acceptors (Lipinski definition) is 7. The van der Waals surface area contributed by atoms with Gasteiger partial charge in [0.05, 0.1) is 13.1 Å². The van der Waals surface area contributed by atoms with Crippen molar-refractivity contribution in [1.29, 1.82) is 0 Å². The topological polar surface area (TPSA) is 71.8 Å². The molecule has 0 atom stereocenters. The Labute approximate surface area is 135 Å². The van der Waals surface area contributed by atoms with Crippen molar-refractivity contribution in [2.24, 2.45) is 0 Å². The SMILES string of the molecule is CC(=O)n1nc(NCc2cccs2)nc1NCc1cccs1. The van der Waals surface area contributed by atoms with E-state index < -0.39 is 0 Å². The molecule has 0 bridgehead atoms. The van der Waals surface area contributed by atoms with Crippen LogP contribution in [-0.4, -0.2) is 20.7 Å². The van der Waals surface area contributed by atoms with Crippen molar-refractivity contribution in [3.63, 3.8) is 0 Å². The second-order valence-electron chi connectivity index (χ2n) is 4.56. The zero-order chi connectivity index (χ0) is 15.4. The summed E-state index contributed by atoms with van der Waals surface area (Å²) >= 11 is 3.31. The molecule has 0 unspecified atom stereocenters. The van der Waals surface area contributed by atoms with E-state index in [-0.39, 0.29) is 5.91 Å². The van der Waals surface area contributed by atoms with Gasteiger partial charge in [-0.25, -0.2) is 0 Å². The third-order valence-corrected chi connectivity index (χ3v) is 4.66. The van der Waals surface area contributed by atoms with E-state index in [9.17, 15) is 4.79 Å². The van der Waals surface area contributed by atoms with E-state index in [4.69, 9.17) is 0 Å². The summed E-state index contributed by atoms with van der Waals surface area (Å²) in [4.78, 5) is 18.4. The van der Waals surface area contributed by atoms with Gasteiger partial charge in [-0.05, 0) is 22.9 Å². The molecular weight excluding hydrogens is 318 g/mol. The van der Waals surface area contributed by atoms with Gasteiger partial charge in [-0.15, -0.1) is 27.8 Å². The summed E-state index contributed by atoms with van der Waals surface area (Å²) in [6, 6.07) is 8.06. The third-order valence-electron chi connectivity index (χ3n) is 2.91. The standard InChI is InChI=1S/C14H15N5OS2/c1-10(20)19-14(16-9-12-5-3-7-22-12)17-13(18-19)15-8-11-4-2-6-21-11/h2-7H,8-9H2,1H3,(H2,15,16,17,18). The fraction of sp³-hybridized carbons (Fsp3) is 0.214. The maximum absolute atomic E-state index is 11.7. The van der Waals surface area contributed by atoms with E-state index in [0.717, 1.165) is 0 Å². The maximum atomic E-state index is 11.7. The van der Waals surface area contributed by atoms with Crippen molar-refractivity contribution in [2.75, 3.05) is 10.6 Å². The molecule has 0 aliphatic rings. The van der Waals surface area contributed by atoms with Crippen LogP contribution in [0.25, 0.3) is 0 Å². The molecule has 0 amide bonds. The highest BCUT2D eigenvalue weighted by Crippen LogP contribution is 2.15. The van der Waals surface area contributed by atoms with Crippen molar-refractivity contribution in [1.82, 2.24) is 14.8 Å². The summed E-state index contributed by atoms with van der Waals surface area (Å²) in [5.41, 5.74) is 0. The van der Waals surface area contributed by atoms with E-state index in [1.807, 2.05) is 35.0 Å². The molecular formula is C14H15N5OS2. The third kappa shape index (κ3) is 3.52. The number of aromatic nitrogens is 3. The Morgan fingerprint density at radius 3 is 2.32 bits per heavy atom. The van der Waals surface area contributed by atoms with E-state index in [1.165, 1.54) is 21.4 Å². The lowest BCUT2D eigenvalue weighted by Gasteiger charge is -2.03. The summed E-state index contributed by atoms with van der Waals surface area (Å²) in [6.07, 6.45) is 0. The highest BCUT2D eigenvalue weighted by Gasteiger charge is 2.13. The van der Waals surface area contributed by atoms with E-state index in [1.54, 1.807) is 22.7 Å². The Hall–Kier alpha value is -2.19. The number of rotatable bonds is 6. The minimum absolute atomic E-state index is 0.176. The molecule has 0 spiro atoms. The Kier molecular flexibility index (Phi) is 4.50. The van der Waals surface area contributed by atoms with Crippen molar-refractivity contribution in [2.45, 2.75) is 20.0 Å². The number of thiophene rings is 2. The predicted octanol–water partition coefficient (Wildman–Crippen LogP) is 3.29. The van der Waals surface area contributed by atoms with Gasteiger partial charge in [-0.1, -0.05) is 12.1 Å². The van der Waals surface area contributed by atoms with E-state index in [0.29, 0.717) is 25.0 Å². The van der Waals surface area contributed by atoms with Crippen LogP contribution in [0.5, 0.6) is 0 Å². The summed E-state index contributed by atoms with van der Waals surface area (Å²) in [6.45, 7) is 2.73. The highest BCUT2D eigenvalue weighted by atomic mass is 32.1. The van der Waals surface area contributed by atoms with Gasteiger partial charge in [0.25, 0.3) is 0 Å². The number of carbonyl (C=O) groups is 1. The molecule has 8 heteroatoms. The lowest BCUT2D eigenvalue weighted by Crippen LogP contribution is -2.13. The quantitative estimate of drug-likeness (QED) is 0.724. The van der Waals surface area contributed by atoms with Gasteiger partial charge in [0.2, 0.25) is 17.8 Å². The van der Waals surface area contributed by atoms with Crippen LogP contribution in [0.4, 0.5) is 11.9 Å². The van der Waals surface area contributed by atoms with Gasteiger partial charge in [0, 0.05) is 16.7 Å². The van der Waals surface area contributed by atoms with Crippen LogP contribution >= 0.6 is 22.7 Å². The Morgan fingerprint density at radius 2 is 1.77 bits per heavy atom. The van der Waals surface area contributed by atoms with Gasteiger partial charge in [0.15, 0.2) is 0 Å². The van der Waals surface area contributed by atoms with Crippen LogP contribution in [0.3, 0.4) is 0 Å². The van der Waals surface area contributed by atoms with Crippen LogP contribution in [0.2, 0.25) is 0 Å². The fourth-order valence-electron chi connectivity index (χ4n) is 1.88. The van der Waals surface area contributed by atoms with E-state index >= 15 is 0 Å². The Bertz CT molecular complexity index is 733. The highest BCUT2D eigenvalue weighted by molar-refractivity contribution is 7.10. The molecule has 0 radical (unpaired) electrons. The van der Waals surface area contributed by atoms with Crippen molar-refractivity contribution >= 4 is 40.5 Å². The average molecular weight is 333 g/mol. The largest absolute Gasteiger partial charge is 0.349 e. The first-order valence-corrected chi connectivity index (χ1v) is 8.49. The summed E-state index contributed by atoms with van der Waals surface area (Å²) in [5.74, 6) is 0.720. The van der Waals surface area contributed by atoms with Gasteiger partial charge in [0.1, 0.15) is 0 Å². The molecule has 3 aromatic heterocycles. The van der Waals surface area contributed by atoms with Crippen LogP contribution < -0.4 is 10.6 Å². The fourth-order valence-corrected chi connectivity index (χ4v) is 3.17. The van der Waals surface area contributed by atoms with Crippen LogP contribution in [-0.2, 0) is 13.1 Å². The lowest BCUT2D eigenvalue weighted by atomic mass is 10.5. The second kappa shape index (κ2) is 6.71. The lowest BCUT2D eigenvalue weighted by molar-refractivity contribution is 0.0924. The second-order valence-corrected chi connectivity index (χ2v) is 6.62. The molecule has 0 aliphatic heterocycles. The van der Waals surface area contributed by atoms with Gasteiger partial charge < -0.3 is 10.6 Å². The number of nitrogens with zero attached hydrogens (tertiary/aromatic N) is 3. The molecule has 0 saturated heterocycles. The van der Waals surface area contributed by atoms with Crippen LogP contribution in [0.1, 0.15) is 21.5 Å². The molecule has 0 aromatic carbocycles. The van der Waals surface area contributed by atoms with Gasteiger partial charge in [-0.2, -0.15) is 9.67 Å². The first-order chi connectivity index (χ1) is 10.7.